The fraction of sp³-hybridized carbons (Fsp3) is 1.00. The molecule has 0 spiro atoms. The summed E-state index contributed by atoms with van der Waals surface area (Å²) in [4.78, 5) is 0. The monoisotopic (exact) mass is 188 g/mol. The van der Waals surface area contributed by atoms with Crippen molar-refractivity contribution in [1.29, 1.82) is 0 Å². The van der Waals surface area contributed by atoms with Gasteiger partial charge in [0.1, 0.15) is 0 Å². The zero-order chi connectivity index (χ0) is 8.40. The van der Waals surface area contributed by atoms with Crippen molar-refractivity contribution in [3.8, 4) is 0 Å². The van der Waals surface area contributed by atoms with Gasteiger partial charge in [0.25, 0.3) is 0 Å². The van der Waals surface area contributed by atoms with Gasteiger partial charge in [0, 0.05) is 0 Å². The molecule has 0 unspecified atom stereocenters. The van der Waals surface area contributed by atoms with E-state index in [4.69, 9.17) is 15.3 Å². The quantitative estimate of drug-likeness (QED) is 0.221. The molecule has 1 aliphatic rings. The zero-order valence-electron chi connectivity index (χ0n) is 5.54. The minimum absolute atomic E-state index is 0.660. The summed E-state index contributed by atoms with van der Waals surface area (Å²) in [7, 11) is -3.88. The normalized spacial score (nSPS) is 28.8. The first-order chi connectivity index (χ1) is 5.20. The average Bonchev–Trinajstić information content (AvgIpc) is 2.69. The molecule has 1 fully saturated rings. The van der Waals surface area contributed by atoms with E-state index in [0.717, 1.165) is 0 Å². The molecule has 1 aliphatic heterocycles. The molecule has 0 bridgehead atoms. The van der Waals surface area contributed by atoms with Crippen LogP contribution >= 0.6 is 7.51 Å². The summed E-state index contributed by atoms with van der Waals surface area (Å²) >= 11 is 0. The predicted molar refractivity (Wildman–Crippen MR) is 32.5 cm³/mol. The molecule has 0 aromatic heterocycles. The SMILES string of the molecule is OCOP1(CO)(OCO)OO1. The van der Waals surface area contributed by atoms with Crippen molar-refractivity contribution in [2.75, 3.05) is 19.9 Å². The van der Waals surface area contributed by atoms with Crippen molar-refractivity contribution >= 4 is 7.51 Å². The van der Waals surface area contributed by atoms with Gasteiger partial charge in [-0.25, -0.2) is 0 Å². The molecular weight excluding hydrogens is 179 g/mol. The molecule has 1 saturated heterocycles. The van der Waals surface area contributed by atoms with Crippen LogP contribution in [0.3, 0.4) is 0 Å². The first kappa shape index (κ1) is 9.24. The third-order valence-electron chi connectivity index (χ3n) is 1.15. The molecule has 0 atom stereocenters. The van der Waals surface area contributed by atoms with Crippen LogP contribution in [-0.4, -0.2) is 35.3 Å². The maximum atomic E-state index is 8.71. The Morgan fingerprint density at radius 2 is 1.45 bits per heavy atom. The minimum atomic E-state index is -3.88. The second-order valence-electron chi connectivity index (χ2n) is 1.77. The van der Waals surface area contributed by atoms with Gasteiger partial charge in [0.15, 0.2) is 0 Å². The summed E-state index contributed by atoms with van der Waals surface area (Å²) in [5.41, 5.74) is 0. The van der Waals surface area contributed by atoms with Crippen LogP contribution in [0.2, 0.25) is 0 Å². The van der Waals surface area contributed by atoms with E-state index in [1.807, 2.05) is 0 Å². The molecule has 0 amide bonds. The summed E-state index contributed by atoms with van der Waals surface area (Å²) in [6.45, 7) is -1.42. The number of hydrogen-bond donors (Lipinski definition) is 3. The number of hydrogen-bond acceptors (Lipinski definition) is 7. The molecule has 11 heavy (non-hydrogen) atoms. The summed E-state index contributed by atoms with van der Waals surface area (Å²) in [5, 5.41) is 25.4. The molecule has 1 heterocycles. The van der Waals surface area contributed by atoms with Gasteiger partial charge in [-0.05, 0) is 0 Å². The number of aliphatic hydroxyl groups excluding tert-OH is 3. The third-order valence-corrected chi connectivity index (χ3v) is 3.44. The molecule has 0 aliphatic carbocycles. The van der Waals surface area contributed by atoms with E-state index in [-0.39, 0.29) is 0 Å². The first-order valence-corrected chi connectivity index (χ1v) is 4.83. The molecule has 8 heteroatoms. The Hall–Kier alpha value is 0.150. The molecule has 68 valence electrons. The van der Waals surface area contributed by atoms with Crippen molar-refractivity contribution in [3.63, 3.8) is 0 Å². The van der Waals surface area contributed by atoms with E-state index < -0.39 is 27.4 Å². The van der Waals surface area contributed by atoms with Crippen LogP contribution < -0.4 is 0 Å². The van der Waals surface area contributed by atoms with Crippen molar-refractivity contribution in [2.24, 2.45) is 0 Å². The fourth-order valence-electron chi connectivity index (χ4n) is 0.526. The molecule has 0 radical (unpaired) electrons. The van der Waals surface area contributed by atoms with E-state index in [0.29, 0.717) is 0 Å². The summed E-state index contributed by atoms with van der Waals surface area (Å²) in [5.74, 6) is 0. The number of rotatable bonds is 5. The molecular formula is C3H9O7P. The molecule has 3 N–H and O–H groups in total. The van der Waals surface area contributed by atoms with Gasteiger partial charge >= 0.3 is 61.2 Å². The summed E-state index contributed by atoms with van der Waals surface area (Å²) in [6, 6.07) is 0. The maximum absolute atomic E-state index is 8.71. The van der Waals surface area contributed by atoms with Crippen LogP contribution in [0.5, 0.6) is 0 Å². The van der Waals surface area contributed by atoms with E-state index in [1.54, 1.807) is 0 Å². The first-order valence-electron chi connectivity index (χ1n) is 2.74. The van der Waals surface area contributed by atoms with Gasteiger partial charge in [0.05, 0.1) is 0 Å². The molecule has 0 aromatic rings. The fourth-order valence-corrected chi connectivity index (χ4v) is 1.88. The van der Waals surface area contributed by atoms with Gasteiger partial charge < -0.3 is 0 Å². The average molecular weight is 188 g/mol. The van der Waals surface area contributed by atoms with Crippen molar-refractivity contribution in [1.82, 2.24) is 0 Å². The van der Waals surface area contributed by atoms with E-state index in [9.17, 15) is 0 Å². The molecule has 0 saturated carbocycles. The Morgan fingerprint density at radius 1 is 1.00 bits per heavy atom. The van der Waals surface area contributed by atoms with E-state index in [2.05, 4.69) is 18.4 Å². The van der Waals surface area contributed by atoms with Crippen molar-refractivity contribution in [2.45, 2.75) is 0 Å². The second kappa shape index (κ2) is 2.89. The van der Waals surface area contributed by atoms with Gasteiger partial charge in [-0.1, -0.05) is 0 Å². The van der Waals surface area contributed by atoms with Gasteiger partial charge in [0.2, 0.25) is 0 Å². The van der Waals surface area contributed by atoms with Crippen molar-refractivity contribution < 1.29 is 33.7 Å². The summed E-state index contributed by atoms with van der Waals surface area (Å²) in [6.07, 6.45) is -0.660. The van der Waals surface area contributed by atoms with Gasteiger partial charge in [-0.2, -0.15) is 0 Å². The zero-order valence-corrected chi connectivity index (χ0v) is 6.44. The molecule has 0 aromatic carbocycles. The van der Waals surface area contributed by atoms with Crippen LogP contribution in [0.1, 0.15) is 0 Å². The standard InChI is InChI=1S/C3H9O7P/c4-1-7-11(3-6,8-2-5)9-10-11/h4-6H,1-3H2. The molecule has 1 rings (SSSR count). The Labute approximate surface area is 62.2 Å². The van der Waals surface area contributed by atoms with E-state index >= 15 is 0 Å². The Morgan fingerprint density at radius 3 is 1.64 bits per heavy atom. The van der Waals surface area contributed by atoms with Crippen LogP contribution in [0.15, 0.2) is 0 Å². The Kier molecular flexibility index (Phi) is 2.43. The topological polar surface area (TPSA) is 104 Å². The van der Waals surface area contributed by atoms with Crippen LogP contribution in [0, 0.1) is 0 Å². The van der Waals surface area contributed by atoms with Gasteiger partial charge in [-0.15, -0.1) is 0 Å². The predicted octanol–water partition coefficient (Wildman–Crippen LogP) is -0.956. The van der Waals surface area contributed by atoms with Crippen LogP contribution in [-0.2, 0) is 18.4 Å². The van der Waals surface area contributed by atoms with Crippen LogP contribution in [0.25, 0.3) is 0 Å². The van der Waals surface area contributed by atoms with E-state index in [1.165, 1.54) is 0 Å². The Bertz CT molecular complexity index is 135. The molecule has 7 nitrogen and oxygen atoms in total. The van der Waals surface area contributed by atoms with Crippen LogP contribution in [0.4, 0.5) is 0 Å². The van der Waals surface area contributed by atoms with Gasteiger partial charge in [-0.3, -0.25) is 0 Å². The number of aliphatic hydroxyl groups is 3. The van der Waals surface area contributed by atoms with Crippen molar-refractivity contribution in [3.05, 3.63) is 0 Å². The summed E-state index contributed by atoms with van der Waals surface area (Å²) < 4.78 is 17.7. The Balaban J connectivity index is 2.56. The third kappa shape index (κ3) is 1.51. The second-order valence-corrected chi connectivity index (χ2v) is 4.80.